The van der Waals surface area contributed by atoms with Crippen LogP contribution in [0.15, 0.2) is 24.3 Å². The molecule has 3 nitrogen and oxygen atoms in total. The zero-order chi connectivity index (χ0) is 9.42. The summed E-state index contributed by atoms with van der Waals surface area (Å²) in [6, 6.07) is 7.50. The van der Waals surface area contributed by atoms with E-state index in [0.717, 1.165) is 11.1 Å². The minimum absolute atomic E-state index is 0.427. The largest absolute Gasteiger partial charge is 0.388 e. The van der Waals surface area contributed by atoms with Gasteiger partial charge in [-0.25, -0.2) is 0 Å². The predicted molar refractivity (Wildman–Crippen MR) is 47.8 cm³/mol. The van der Waals surface area contributed by atoms with Crippen molar-refractivity contribution in [2.24, 2.45) is 11.7 Å². The van der Waals surface area contributed by atoms with Gasteiger partial charge in [-0.05, 0) is 17.5 Å². The first-order chi connectivity index (χ1) is 6.20. The van der Waals surface area contributed by atoms with Crippen molar-refractivity contribution in [2.45, 2.75) is 12.5 Å². The number of primary amides is 1. The molecule has 0 saturated carbocycles. The molecule has 68 valence electrons. The molecule has 0 spiro atoms. The van der Waals surface area contributed by atoms with Crippen molar-refractivity contribution >= 4 is 5.91 Å². The highest BCUT2D eigenvalue weighted by molar-refractivity contribution is 5.79. The molecular weight excluding hydrogens is 166 g/mol. The van der Waals surface area contributed by atoms with Gasteiger partial charge in [0.25, 0.3) is 0 Å². The fourth-order valence-corrected chi connectivity index (χ4v) is 1.83. The molecule has 2 unspecified atom stereocenters. The average Bonchev–Trinajstić information content (AvgIpc) is 2.45. The summed E-state index contributed by atoms with van der Waals surface area (Å²) in [7, 11) is 0. The first-order valence-electron chi connectivity index (χ1n) is 4.25. The number of fused-ring (bicyclic) bond motifs is 1. The van der Waals surface area contributed by atoms with E-state index in [-0.39, 0.29) is 0 Å². The van der Waals surface area contributed by atoms with Crippen LogP contribution < -0.4 is 5.73 Å². The summed E-state index contributed by atoms with van der Waals surface area (Å²) in [4.78, 5) is 10.9. The summed E-state index contributed by atoms with van der Waals surface area (Å²) in [6.45, 7) is 0. The Balaban J connectivity index is 2.38. The molecule has 0 heterocycles. The highest BCUT2D eigenvalue weighted by Gasteiger charge is 2.34. The second-order valence-corrected chi connectivity index (χ2v) is 3.36. The van der Waals surface area contributed by atoms with Crippen molar-refractivity contribution in [1.82, 2.24) is 0 Å². The molecule has 2 rings (SSSR count). The zero-order valence-corrected chi connectivity index (χ0v) is 7.10. The van der Waals surface area contributed by atoms with E-state index in [4.69, 9.17) is 5.73 Å². The molecule has 1 aromatic carbocycles. The van der Waals surface area contributed by atoms with Crippen molar-refractivity contribution in [3.8, 4) is 0 Å². The van der Waals surface area contributed by atoms with Gasteiger partial charge < -0.3 is 10.8 Å². The lowest BCUT2D eigenvalue weighted by Crippen LogP contribution is -2.26. The second kappa shape index (κ2) is 2.85. The summed E-state index contributed by atoms with van der Waals surface area (Å²) >= 11 is 0. The van der Waals surface area contributed by atoms with Crippen LogP contribution in [0, 0.1) is 5.92 Å². The number of amides is 1. The molecule has 1 amide bonds. The van der Waals surface area contributed by atoms with Crippen molar-refractivity contribution in [3.05, 3.63) is 35.4 Å². The van der Waals surface area contributed by atoms with E-state index in [0.29, 0.717) is 6.42 Å². The molecule has 0 saturated heterocycles. The van der Waals surface area contributed by atoms with Crippen molar-refractivity contribution < 1.29 is 9.90 Å². The fraction of sp³-hybridized carbons (Fsp3) is 0.300. The lowest BCUT2D eigenvalue weighted by atomic mass is 10.0. The van der Waals surface area contributed by atoms with Crippen LogP contribution in [-0.2, 0) is 11.2 Å². The smallest absolute Gasteiger partial charge is 0.223 e. The third-order valence-corrected chi connectivity index (χ3v) is 2.56. The van der Waals surface area contributed by atoms with Crippen LogP contribution in [0.5, 0.6) is 0 Å². The van der Waals surface area contributed by atoms with Crippen LogP contribution in [0.1, 0.15) is 17.2 Å². The monoisotopic (exact) mass is 177 g/mol. The van der Waals surface area contributed by atoms with E-state index < -0.39 is 17.9 Å². The summed E-state index contributed by atoms with van der Waals surface area (Å²) in [5.74, 6) is -0.874. The molecule has 3 heteroatoms. The Bertz CT molecular complexity index is 349. The number of benzene rings is 1. The highest BCUT2D eigenvalue weighted by atomic mass is 16.3. The van der Waals surface area contributed by atoms with Crippen LogP contribution in [0.4, 0.5) is 0 Å². The van der Waals surface area contributed by atoms with Gasteiger partial charge in [-0.3, -0.25) is 4.79 Å². The number of aliphatic hydroxyl groups excluding tert-OH is 1. The van der Waals surface area contributed by atoms with Crippen LogP contribution >= 0.6 is 0 Å². The van der Waals surface area contributed by atoms with Crippen LogP contribution in [0.3, 0.4) is 0 Å². The molecule has 0 fully saturated rings. The Morgan fingerprint density at radius 1 is 1.46 bits per heavy atom. The summed E-state index contributed by atoms with van der Waals surface area (Å²) in [5, 5.41) is 9.71. The minimum atomic E-state index is -0.714. The first-order valence-corrected chi connectivity index (χ1v) is 4.25. The topological polar surface area (TPSA) is 63.3 Å². The van der Waals surface area contributed by atoms with Gasteiger partial charge in [-0.1, -0.05) is 24.3 Å². The Labute approximate surface area is 76.2 Å². The molecular formula is C10H11NO2. The molecule has 1 aliphatic rings. The van der Waals surface area contributed by atoms with Gasteiger partial charge in [-0.2, -0.15) is 0 Å². The van der Waals surface area contributed by atoms with Gasteiger partial charge >= 0.3 is 0 Å². The molecule has 1 aliphatic carbocycles. The fourth-order valence-electron chi connectivity index (χ4n) is 1.83. The third kappa shape index (κ3) is 1.21. The number of nitrogens with two attached hydrogens (primary N) is 1. The Morgan fingerprint density at radius 2 is 2.15 bits per heavy atom. The summed E-state index contributed by atoms with van der Waals surface area (Å²) in [5.41, 5.74) is 7.03. The van der Waals surface area contributed by atoms with E-state index in [2.05, 4.69) is 0 Å². The van der Waals surface area contributed by atoms with Gasteiger partial charge in [0.1, 0.15) is 0 Å². The van der Waals surface area contributed by atoms with Gasteiger partial charge in [-0.15, -0.1) is 0 Å². The maximum absolute atomic E-state index is 10.9. The number of carbonyl (C=O) groups is 1. The molecule has 0 radical (unpaired) electrons. The molecule has 2 atom stereocenters. The predicted octanol–water partition coefficient (Wildman–Crippen LogP) is 0.378. The zero-order valence-electron chi connectivity index (χ0n) is 7.10. The van der Waals surface area contributed by atoms with Crippen LogP contribution in [0.25, 0.3) is 0 Å². The van der Waals surface area contributed by atoms with Crippen LogP contribution in [0.2, 0.25) is 0 Å². The molecule has 1 aromatic rings. The lowest BCUT2D eigenvalue weighted by molar-refractivity contribution is -0.124. The van der Waals surface area contributed by atoms with E-state index in [1.807, 2.05) is 24.3 Å². The Morgan fingerprint density at radius 3 is 2.77 bits per heavy atom. The van der Waals surface area contributed by atoms with Gasteiger partial charge in [0.15, 0.2) is 0 Å². The normalized spacial score (nSPS) is 25.6. The average molecular weight is 177 g/mol. The summed E-state index contributed by atoms with van der Waals surface area (Å²) in [6.07, 6.45) is -0.152. The first kappa shape index (κ1) is 8.26. The third-order valence-electron chi connectivity index (χ3n) is 2.56. The van der Waals surface area contributed by atoms with Crippen molar-refractivity contribution in [2.75, 3.05) is 0 Å². The number of hydrogen-bond acceptors (Lipinski definition) is 2. The lowest BCUT2D eigenvalue weighted by Gasteiger charge is -2.09. The van der Waals surface area contributed by atoms with Gasteiger partial charge in [0, 0.05) is 0 Å². The summed E-state index contributed by atoms with van der Waals surface area (Å²) < 4.78 is 0. The number of hydrogen-bond donors (Lipinski definition) is 2. The van der Waals surface area contributed by atoms with Crippen LogP contribution in [-0.4, -0.2) is 11.0 Å². The molecule has 3 N–H and O–H groups in total. The quantitative estimate of drug-likeness (QED) is 0.651. The molecule has 0 aromatic heterocycles. The van der Waals surface area contributed by atoms with Gasteiger partial charge in [0.2, 0.25) is 5.91 Å². The standard InChI is InChI=1S/C10H11NO2/c11-10(13)8-5-6-3-1-2-4-7(6)9(8)12/h1-4,8-9,12H,5H2,(H2,11,13). The molecule has 0 bridgehead atoms. The van der Waals surface area contributed by atoms with E-state index >= 15 is 0 Å². The van der Waals surface area contributed by atoms with E-state index in [1.165, 1.54) is 0 Å². The van der Waals surface area contributed by atoms with Gasteiger partial charge in [0.05, 0.1) is 12.0 Å². The maximum atomic E-state index is 10.9. The molecule has 13 heavy (non-hydrogen) atoms. The Kier molecular flexibility index (Phi) is 1.81. The van der Waals surface area contributed by atoms with Crippen molar-refractivity contribution in [1.29, 1.82) is 0 Å². The maximum Gasteiger partial charge on any atom is 0.223 e. The minimum Gasteiger partial charge on any atom is -0.388 e. The second-order valence-electron chi connectivity index (χ2n) is 3.36. The number of aliphatic hydroxyl groups is 1. The highest BCUT2D eigenvalue weighted by Crippen LogP contribution is 2.35. The van der Waals surface area contributed by atoms with E-state index in [9.17, 15) is 9.90 Å². The van der Waals surface area contributed by atoms with Crippen molar-refractivity contribution in [3.63, 3.8) is 0 Å². The van der Waals surface area contributed by atoms with E-state index in [1.54, 1.807) is 0 Å². The number of carbonyl (C=O) groups excluding carboxylic acids is 1. The SMILES string of the molecule is NC(=O)C1Cc2ccccc2C1O. The molecule has 0 aliphatic heterocycles. The number of rotatable bonds is 1. The Hall–Kier alpha value is -1.35.